The van der Waals surface area contributed by atoms with Gasteiger partial charge in [-0.25, -0.2) is 0 Å². The molecule has 0 aromatic rings. The molecule has 1 amide bonds. The fourth-order valence-electron chi connectivity index (χ4n) is 0.998. The van der Waals surface area contributed by atoms with Crippen LogP contribution < -0.4 is 0 Å². The number of hydrogen-bond donors (Lipinski definition) is 0. The molecule has 1 saturated heterocycles. The van der Waals surface area contributed by atoms with Gasteiger partial charge in [-0.2, -0.15) is 5.26 Å². The molecular weight excluding hydrogens is 168 g/mol. The maximum atomic E-state index is 11.1. The third kappa shape index (κ3) is 3.03. The van der Waals surface area contributed by atoms with Gasteiger partial charge in [-0.1, -0.05) is 20.8 Å². The second kappa shape index (κ2) is 6.44. The fourth-order valence-corrected chi connectivity index (χ4v) is 0.998. The zero-order valence-corrected chi connectivity index (χ0v) is 8.41. The van der Waals surface area contributed by atoms with Gasteiger partial charge >= 0.3 is 0 Å². The first-order valence-corrected chi connectivity index (χ1v) is 4.56. The highest BCUT2D eigenvalue weighted by Crippen LogP contribution is 2.09. The molecule has 1 fully saturated rings. The summed E-state index contributed by atoms with van der Waals surface area (Å²) in [5.41, 5.74) is 0. The van der Waals surface area contributed by atoms with Crippen molar-refractivity contribution in [2.24, 2.45) is 0 Å². The van der Waals surface area contributed by atoms with E-state index in [0.29, 0.717) is 13.0 Å². The van der Waals surface area contributed by atoms with E-state index < -0.39 is 0 Å². The number of amides is 1. The van der Waals surface area contributed by atoms with Crippen LogP contribution in [0.3, 0.4) is 0 Å². The van der Waals surface area contributed by atoms with E-state index in [0.717, 1.165) is 0 Å². The zero-order chi connectivity index (χ0) is 10.3. The molecule has 1 aliphatic heterocycles. The standard InChI is InChI=1S/C7H10N2O2.C2H6/c1-2-7(10)9-5-11-4-6(9)3-8;1-2/h6H,2,4-5H2,1H3;1-2H3. The Hall–Kier alpha value is -1.08. The van der Waals surface area contributed by atoms with E-state index in [1.54, 1.807) is 6.92 Å². The minimum Gasteiger partial charge on any atom is -0.358 e. The number of carbonyl (C=O) groups excluding carboxylic acids is 1. The highest BCUT2D eigenvalue weighted by molar-refractivity contribution is 5.76. The molecule has 4 heteroatoms. The maximum absolute atomic E-state index is 11.1. The fraction of sp³-hybridized carbons (Fsp3) is 0.778. The van der Waals surface area contributed by atoms with Crippen LogP contribution in [0.25, 0.3) is 0 Å². The average molecular weight is 184 g/mol. The molecule has 1 aliphatic rings. The molecule has 1 heterocycles. The van der Waals surface area contributed by atoms with Gasteiger partial charge in [0.15, 0.2) is 0 Å². The SMILES string of the molecule is CC.CCC(=O)N1COCC1C#N. The van der Waals surface area contributed by atoms with Crippen LogP contribution in [0.5, 0.6) is 0 Å². The molecule has 1 unspecified atom stereocenters. The molecule has 1 rings (SSSR count). The van der Waals surface area contributed by atoms with Gasteiger partial charge in [0.1, 0.15) is 12.8 Å². The lowest BCUT2D eigenvalue weighted by molar-refractivity contribution is -0.132. The molecule has 0 saturated carbocycles. The predicted octanol–water partition coefficient (Wildman–Crippen LogP) is 1.13. The summed E-state index contributed by atoms with van der Waals surface area (Å²) < 4.78 is 4.97. The number of hydrogen-bond acceptors (Lipinski definition) is 3. The zero-order valence-electron chi connectivity index (χ0n) is 8.41. The first-order valence-electron chi connectivity index (χ1n) is 4.56. The van der Waals surface area contributed by atoms with Gasteiger partial charge in [-0.3, -0.25) is 4.79 Å². The predicted molar refractivity (Wildman–Crippen MR) is 48.7 cm³/mol. The van der Waals surface area contributed by atoms with Crippen LogP contribution in [0.4, 0.5) is 0 Å². The third-order valence-electron chi connectivity index (χ3n) is 1.65. The van der Waals surface area contributed by atoms with Crippen molar-refractivity contribution >= 4 is 5.91 Å². The minimum atomic E-state index is -0.373. The first-order chi connectivity index (χ1) is 6.29. The van der Waals surface area contributed by atoms with Crippen molar-refractivity contribution in [3.05, 3.63) is 0 Å². The van der Waals surface area contributed by atoms with Crippen LogP contribution in [-0.4, -0.2) is 30.2 Å². The smallest absolute Gasteiger partial charge is 0.225 e. The van der Waals surface area contributed by atoms with E-state index >= 15 is 0 Å². The van der Waals surface area contributed by atoms with Gasteiger partial charge in [-0.15, -0.1) is 0 Å². The summed E-state index contributed by atoms with van der Waals surface area (Å²) >= 11 is 0. The lowest BCUT2D eigenvalue weighted by Crippen LogP contribution is -2.34. The topological polar surface area (TPSA) is 53.3 Å². The van der Waals surface area contributed by atoms with Crippen LogP contribution >= 0.6 is 0 Å². The molecule has 4 nitrogen and oxygen atoms in total. The normalized spacial score (nSPS) is 20.2. The van der Waals surface area contributed by atoms with E-state index in [1.165, 1.54) is 4.90 Å². The van der Waals surface area contributed by atoms with E-state index in [1.807, 2.05) is 19.9 Å². The number of ether oxygens (including phenoxy) is 1. The van der Waals surface area contributed by atoms with Crippen LogP contribution in [0.1, 0.15) is 27.2 Å². The Morgan fingerprint density at radius 2 is 2.31 bits per heavy atom. The van der Waals surface area contributed by atoms with E-state index in [-0.39, 0.29) is 18.7 Å². The highest BCUT2D eigenvalue weighted by Gasteiger charge is 2.27. The third-order valence-corrected chi connectivity index (χ3v) is 1.65. The average Bonchev–Trinajstić information content (AvgIpc) is 2.67. The Bertz CT molecular complexity index is 198. The van der Waals surface area contributed by atoms with Gasteiger partial charge < -0.3 is 9.64 Å². The Kier molecular flexibility index (Phi) is 5.90. The Balaban J connectivity index is 0.000000671. The summed E-state index contributed by atoms with van der Waals surface area (Å²) in [5, 5.41) is 8.56. The van der Waals surface area contributed by atoms with Crippen LogP contribution in [0, 0.1) is 11.3 Å². The Morgan fingerprint density at radius 1 is 1.69 bits per heavy atom. The number of nitriles is 1. The lowest BCUT2D eigenvalue weighted by atomic mass is 10.3. The number of rotatable bonds is 1. The van der Waals surface area contributed by atoms with E-state index in [2.05, 4.69) is 0 Å². The van der Waals surface area contributed by atoms with Crippen LogP contribution in [0.15, 0.2) is 0 Å². The van der Waals surface area contributed by atoms with Crippen molar-refractivity contribution in [1.82, 2.24) is 4.90 Å². The molecule has 13 heavy (non-hydrogen) atoms. The molecule has 0 aromatic heterocycles. The van der Waals surface area contributed by atoms with Crippen molar-refractivity contribution in [3.63, 3.8) is 0 Å². The summed E-state index contributed by atoms with van der Waals surface area (Å²) in [5.74, 6) is -0.0194. The first kappa shape index (κ1) is 11.9. The summed E-state index contributed by atoms with van der Waals surface area (Å²) in [7, 11) is 0. The highest BCUT2D eigenvalue weighted by atomic mass is 16.5. The van der Waals surface area contributed by atoms with Crippen LogP contribution in [0.2, 0.25) is 0 Å². The number of nitrogens with zero attached hydrogens (tertiary/aromatic N) is 2. The second-order valence-corrected chi connectivity index (χ2v) is 2.36. The van der Waals surface area contributed by atoms with Crippen molar-refractivity contribution in [2.75, 3.05) is 13.3 Å². The minimum absolute atomic E-state index is 0.0194. The van der Waals surface area contributed by atoms with Crippen molar-refractivity contribution < 1.29 is 9.53 Å². The van der Waals surface area contributed by atoms with Gasteiger partial charge in [0, 0.05) is 6.42 Å². The van der Waals surface area contributed by atoms with Crippen molar-refractivity contribution in [2.45, 2.75) is 33.2 Å². The Labute approximate surface area is 79.1 Å². The molecule has 0 radical (unpaired) electrons. The molecular formula is C9H16N2O2. The monoisotopic (exact) mass is 184 g/mol. The van der Waals surface area contributed by atoms with Gasteiger partial charge in [0.05, 0.1) is 12.7 Å². The largest absolute Gasteiger partial charge is 0.358 e. The summed E-state index contributed by atoms with van der Waals surface area (Å²) in [4.78, 5) is 12.5. The van der Waals surface area contributed by atoms with Gasteiger partial charge in [-0.05, 0) is 0 Å². The summed E-state index contributed by atoms with van der Waals surface area (Å²) in [6, 6.07) is 1.64. The quantitative estimate of drug-likeness (QED) is 0.614. The van der Waals surface area contributed by atoms with Crippen LogP contribution in [-0.2, 0) is 9.53 Å². The molecule has 1 atom stereocenters. The molecule has 0 aliphatic carbocycles. The molecule has 0 N–H and O–H groups in total. The molecule has 0 spiro atoms. The van der Waals surface area contributed by atoms with E-state index in [9.17, 15) is 4.79 Å². The van der Waals surface area contributed by atoms with E-state index in [4.69, 9.17) is 10.00 Å². The van der Waals surface area contributed by atoms with Gasteiger partial charge in [0.25, 0.3) is 0 Å². The van der Waals surface area contributed by atoms with Gasteiger partial charge in [0.2, 0.25) is 5.91 Å². The van der Waals surface area contributed by atoms with Crippen molar-refractivity contribution in [1.29, 1.82) is 5.26 Å². The molecule has 74 valence electrons. The summed E-state index contributed by atoms with van der Waals surface area (Å²) in [6.45, 7) is 6.39. The molecule has 0 aromatic carbocycles. The number of carbonyl (C=O) groups is 1. The Morgan fingerprint density at radius 3 is 2.77 bits per heavy atom. The maximum Gasteiger partial charge on any atom is 0.225 e. The van der Waals surface area contributed by atoms with Crippen molar-refractivity contribution in [3.8, 4) is 6.07 Å². The molecule has 0 bridgehead atoms. The summed E-state index contributed by atoms with van der Waals surface area (Å²) in [6.07, 6.45) is 0.432. The lowest BCUT2D eigenvalue weighted by Gasteiger charge is -2.15. The second-order valence-electron chi connectivity index (χ2n) is 2.36.